The lowest BCUT2D eigenvalue weighted by molar-refractivity contribution is -0.385. The van der Waals surface area contributed by atoms with Crippen LogP contribution in [0, 0.1) is 21.7 Å². The third-order valence-electron chi connectivity index (χ3n) is 4.64. The van der Waals surface area contributed by atoms with E-state index in [-0.39, 0.29) is 23.4 Å². The number of rotatable bonds is 6. The van der Waals surface area contributed by atoms with Gasteiger partial charge in [0, 0.05) is 43.0 Å². The van der Waals surface area contributed by atoms with Crippen LogP contribution >= 0.6 is 0 Å². The molecule has 1 aliphatic rings. The molecule has 1 saturated heterocycles. The lowest BCUT2D eigenvalue weighted by Gasteiger charge is -2.17. The van der Waals surface area contributed by atoms with Gasteiger partial charge in [0.2, 0.25) is 0 Å². The van der Waals surface area contributed by atoms with E-state index in [2.05, 4.69) is 5.32 Å². The number of nitro benzene ring substituents is 1. The van der Waals surface area contributed by atoms with Crippen LogP contribution in [0.1, 0.15) is 34.9 Å². The van der Waals surface area contributed by atoms with Crippen LogP contribution in [-0.2, 0) is 0 Å². The predicted molar refractivity (Wildman–Crippen MR) is 98.0 cm³/mol. The molecule has 1 amide bonds. The first kappa shape index (κ1) is 19.7. The maximum Gasteiger partial charge on any atom is 0.282 e. The van der Waals surface area contributed by atoms with Crippen molar-refractivity contribution in [2.45, 2.75) is 18.9 Å². The number of aliphatic hydroxyl groups is 1. The van der Waals surface area contributed by atoms with E-state index in [1.807, 2.05) is 0 Å². The number of halogens is 2. The van der Waals surface area contributed by atoms with Gasteiger partial charge in [0.15, 0.2) is 0 Å². The molecule has 1 unspecified atom stereocenters. The largest absolute Gasteiger partial charge is 0.386 e. The number of likely N-dealkylation sites (tertiary alicyclic amines) is 1. The minimum atomic E-state index is -1.27. The molecule has 1 heterocycles. The fourth-order valence-corrected chi connectivity index (χ4v) is 3.16. The van der Waals surface area contributed by atoms with Crippen molar-refractivity contribution in [2.24, 2.45) is 0 Å². The van der Waals surface area contributed by atoms with Crippen molar-refractivity contribution >= 4 is 17.3 Å². The van der Waals surface area contributed by atoms with Gasteiger partial charge in [-0.25, -0.2) is 8.78 Å². The number of nitrogens with one attached hydrogen (secondary N) is 1. The number of nitro groups is 1. The molecular formula is C19H19F2N3O4. The Hall–Kier alpha value is -3.07. The number of amides is 1. The molecule has 1 aliphatic heterocycles. The van der Waals surface area contributed by atoms with Gasteiger partial charge in [-0.05, 0) is 31.0 Å². The van der Waals surface area contributed by atoms with Gasteiger partial charge in [-0.3, -0.25) is 14.9 Å². The fraction of sp³-hybridized carbons (Fsp3) is 0.316. The van der Waals surface area contributed by atoms with Crippen molar-refractivity contribution in [3.8, 4) is 0 Å². The summed E-state index contributed by atoms with van der Waals surface area (Å²) in [6.07, 6.45) is 0.438. The molecule has 2 aromatic carbocycles. The van der Waals surface area contributed by atoms with Crippen LogP contribution in [0.4, 0.5) is 20.2 Å². The highest BCUT2D eigenvalue weighted by atomic mass is 19.1. The lowest BCUT2D eigenvalue weighted by Crippen LogP contribution is -2.28. The van der Waals surface area contributed by atoms with Crippen molar-refractivity contribution < 1.29 is 23.6 Å². The summed E-state index contributed by atoms with van der Waals surface area (Å²) in [5.74, 6) is -2.04. The van der Waals surface area contributed by atoms with Gasteiger partial charge in [0.1, 0.15) is 17.2 Å². The summed E-state index contributed by atoms with van der Waals surface area (Å²) in [7, 11) is 0. The van der Waals surface area contributed by atoms with E-state index >= 15 is 0 Å². The quantitative estimate of drug-likeness (QED) is 0.582. The fourth-order valence-electron chi connectivity index (χ4n) is 3.16. The molecular weight excluding hydrogens is 372 g/mol. The van der Waals surface area contributed by atoms with Crippen LogP contribution in [0.15, 0.2) is 36.4 Å². The average molecular weight is 391 g/mol. The Labute approximate surface area is 159 Å². The molecule has 0 saturated carbocycles. The van der Waals surface area contributed by atoms with Crippen molar-refractivity contribution in [1.29, 1.82) is 0 Å². The van der Waals surface area contributed by atoms with Crippen LogP contribution in [-0.4, -0.2) is 40.5 Å². The molecule has 148 valence electrons. The standard InChI is InChI=1S/C19H19F2N3O4/c20-12-3-5-14(16(21)9-12)18(25)11-22-13-4-6-17(24(27)28)15(10-13)19(26)23-7-1-2-8-23/h3-6,9-10,18,22,25H,1-2,7-8,11H2. The number of aliphatic hydroxyl groups excluding tert-OH is 1. The summed E-state index contributed by atoms with van der Waals surface area (Å²) in [6, 6.07) is 6.85. The minimum absolute atomic E-state index is 0.0423. The normalized spacial score (nSPS) is 14.8. The molecule has 28 heavy (non-hydrogen) atoms. The van der Waals surface area contributed by atoms with Crippen molar-refractivity contribution in [2.75, 3.05) is 25.0 Å². The van der Waals surface area contributed by atoms with E-state index in [0.717, 1.165) is 25.0 Å². The molecule has 1 atom stereocenters. The number of carbonyl (C=O) groups is 1. The molecule has 9 heteroatoms. The lowest BCUT2D eigenvalue weighted by atomic mass is 10.1. The highest BCUT2D eigenvalue weighted by Crippen LogP contribution is 2.26. The maximum absolute atomic E-state index is 13.8. The third kappa shape index (κ3) is 4.25. The van der Waals surface area contributed by atoms with E-state index in [9.17, 15) is 28.8 Å². The summed E-state index contributed by atoms with van der Waals surface area (Å²) in [6.45, 7) is 0.976. The molecule has 0 spiro atoms. The first-order chi connectivity index (χ1) is 13.4. The summed E-state index contributed by atoms with van der Waals surface area (Å²) in [5.41, 5.74) is -0.0502. The second-order valence-electron chi connectivity index (χ2n) is 6.55. The summed E-state index contributed by atoms with van der Waals surface area (Å²) >= 11 is 0. The molecule has 2 aromatic rings. The molecule has 2 N–H and O–H groups in total. The van der Waals surface area contributed by atoms with Crippen LogP contribution in [0.5, 0.6) is 0 Å². The first-order valence-corrected chi connectivity index (χ1v) is 8.81. The number of anilines is 1. The third-order valence-corrected chi connectivity index (χ3v) is 4.64. The summed E-state index contributed by atoms with van der Waals surface area (Å²) in [4.78, 5) is 24.8. The second-order valence-corrected chi connectivity index (χ2v) is 6.55. The van der Waals surface area contributed by atoms with Crippen LogP contribution in [0.3, 0.4) is 0 Å². The number of nitrogens with zero attached hydrogens (tertiary/aromatic N) is 2. The molecule has 0 aromatic heterocycles. The zero-order valence-corrected chi connectivity index (χ0v) is 14.9. The van der Waals surface area contributed by atoms with Gasteiger partial charge in [-0.1, -0.05) is 6.07 Å². The minimum Gasteiger partial charge on any atom is -0.386 e. The smallest absolute Gasteiger partial charge is 0.282 e. The molecule has 7 nitrogen and oxygen atoms in total. The van der Waals surface area contributed by atoms with E-state index in [1.54, 1.807) is 4.90 Å². The highest BCUT2D eigenvalue weighted by molar-refractivity contribution is 5.99. The highest BCUT2D eigenvalue weighted by Gasteiger charge is 2.27. The molecule has 0 bridgehead atoms. The van der Waals surface area contributed by atoms with Gasteiger partial charge >= 0.3 is 0 Å². The number of hydrogen-bond donors (Lipinski definition) is 2. The van der Waals surface area contributed by atoms with Gasteiger partial charge in [-0.2, -0.15) is 0 Å². The number of hydrogen-bond acceptors (Lipinski definition) is 5. The van der Waals surface area contributed by atoms with Gasteiger partial charge in [0.25, 0.3) is 11.6 Å². The molecule has 1 fully saturated rings. The Morgan fingerprint density at radius 1 is 1.21 bits per heavy atom. The SMILES string of the molecule is O=C(c1cc(NCC(O)c2ccc(F)cc2F)ccc1[N+](=O)[O-])N1CCCC1. The van der Waals surface area contributed by atoms with E-state index in [1.165, 1.54) is 18.2 Å². The topological polar surface area (TPSA) is 95.7 Å². The van der Waals surface area contributed by atoms with Gasteiger partial charge in [-0.15, -0.1) is 0 Å². The Morgan fingerprint density at radius 2 is 1.93 bits per heavy atom. The Balaban J connectivity index is 1.77. The summed E-state index contributed by atoms with van der Waals surface area (Å²) < 4.78 is 26.7. The van der Waals surface area contributed by atoms with Crippen molar-refractivity contribution in [1.82, 2.24) is 4.90 Å². The van der Waals surface area contributed by atoms with Crippen molar-refractivity contribution in [3.63, 3.8) is 0 Å². The Kier molecular flexibility index (Phi) is 5.84. The Bertz CT molecular complexity index is 901. The van der Waals surface area contributed by atoms with Crippen LogP contribution in [0.25, 0.3) is 0 Å². The van der Waals surface area contributed by atoms with Gasteiger partial charge in [0.05, 0.1) is 11.0 Å². The maximum atomic E-state index is 13.8. The monoisotopic (exact) mass is 391 g/mol. The zero-order chi connectivity index (χ0) is 20.3. The van der Waals surface area contributed by atoms with Crippen LogP contribution in [0.2, 0.25) is 0 Å². The second kappa shape index (κ2) is 8.30. The number of carbonyl (C=O) groups excluding carboxylic acids is 1. The average Bonchev–Trinajstić information content (AvgIpc) is 3.20. The zero-order valence-electron chi connectivity index (χ0n) is 14.9. The first-order valence-electron chi connectivity index (χ1n) is 8.81. The predicted octanol–water partition coefficient (Wildman–Crippen LogP) is 3.25. The van der Waals surface area contributed by atoms with Crippen LogP contribution < -0.4 is 5.32 Å². The molecule has 0 radical (unpaired) electrons. The van der Waals surface area contributed by atoms with Crippen molar-refractivity contribution in [3.05, 3.63) is 69.3 Å². The molecule has 0 aliphatic carbocycles. The Morgan fingerprint density at radius 3 is 2.57 bits per heavy atom. The van der Waals surface area contributed by atoms with E-state index in [0.29, 0.717) is 24.8 Å². The van der Waals surface area contributed by atoms with E-state index in [4.69, 9.17) is 0 Å². The van der Waals surface area contributed by atoms with Gasteiger partial charge < -0.3 is 15.3 Å². The summed E-state index contributed by atoms with van der Waals surface area (Å²) in [5, 5.41) is 24.2. The van der Waals surface area contributed by atoms with E-state index < -0.39 is 28.6 Å². The number of benzene rings is 2. The molecule has 3 rings (SSSR count).